The van der Waals surface area contributed by atoms with E-state index in [1.54, 1.807) is 18.2 Å². The number of hydrogen-bond acceptors (Lipinski definition) is 6. The number of nitrogens with one attached hydrogen (secondary N) is 2. The zero-order valence-corrected chi connectivity index (χ0v) is 12.1. The molecular weight excluding hydrogens is 290 g/mol. The maximum Gasteiger partial charge on any atom is 0.344 e. The molecule has 0 spiro atoms. The van der Waals surface area contributed by atoms with Gasteiger partial charge in [0.1, 0.15) is 11.8 Å². The van der Waals surface area contributed by atoms with Crippen LogP contribution in [0.2, 0.25) is 0 Å². The van der Waals surface area contributed by atoms with E-state index in [9.17, 15) is 14.4 Å². The van der Waals surface area contributed by atoms with E-state index in [1.165, 1.54) is 20.0 Å². The summed E-state index contributed by atoms with van der Waals surface area (Å²) in [6, 6.07) is 7.61. The molecule has 0 radical (unpaired) electrons. The van der Waals surface area contributed by atoms with Crippen LogP contribution in [0.4, 0.5) is 4.79 Å². The predicted octanol–water partition coefficient (Wildman–Crippen LogP) is 0.324. The van der Waals surface area contributed by atoms with Gasteiger partial charge in [-0.15, -0.1) is 0 Å². The van der Waals surface area contributed by atoms with Gasteiger partial charge in [-0.1, -0.05) is 12.1 Å². The molecular formula is C14H15N3O5. The Kier molecular flexibility index (Phi) is 6.37. The minimum atomic E-state index is -1.15. The van der Waals surface area contributed by atoms with E-state index in [0.29, 0.717) is 0 Å². The summed E-state index contributed by atoms with van der Waals surface area (Å²) in [6.07, 6.45) is -1.15. The minimum Gasteiger partial charge on any atom is -0.481 e. The number of nitrogens with zero attached hydrogens (tertiary/aromatic N) is 1. The number of imide groups is 1. The highest BCUT2D eigenvalue weighted by Crippen LogP contribution is 2.16. The Bertz CT molecular complexity index is 609. The average Bonchev–Trinajstić information content (AvgIpc) is 2.52. The standard InChI is InChI=1S/C14H15N3O5/c1-9(13(19)17-14(20)16-2)22-12(18)8-21-11-6-4-3-5-10(11)7-15/h3-6,9H,8H2,1-2H3,(H2,16,17,19,20). The topological polar surface area (TPSA) is 118 Å². The van der Waals surface area contributed by atoms with Crippen molar-refractivity contribution in [2.75, 3.05) is 13.7 Å². The summed E-state index contributed by atoms with van der Waals surface area (Å²) < 4.78 is 9.98. The van der Waals surface area contributed by atoms with E-state index < -0.39 is 30.6 Å². The fourth-order valence-corrected chi connectivity index (χ4v) is 1.38. The number of nitriles is 1. The molecule has 0 heterocycles. The zero-order chi connectivity index (χ0) is 16.5. The van der Waals surface area contributed by atoms with Gasteiger partial charge < -0.3 is 14.8 Å². The average molecular weight is 305 g/mol. The van der Waals surface area contributed by atoms with E-state index >= 15 is 0 Å². The van der Waals surface area contributed by atoms with E-state index in [2.05, 4.69) is 5.32 Å². The number of amides is 3. The largest absolute Gasteiger partial charge is 0.481 e. The van der Waals surface area contributed by atoms with Crippen molar-refractivity contribution in [1.82, 2.24) is 10.6 Å². The van der Waals surface area contributed by atoms with Crippen molar-refractivity contribution in [1.29, 1.82) is 5.26 Å². The zero-order valence-electron chi connectivity index (χ0n) is 12.1. The second kappa shape index (κ2) is 8.26. The molecule has 0 saturated carbocycles. The molecule has 1 unspecified atom stereocenters. The van der Waals surface area contributed by atoms with Crippen LogP contribution in [0.3, 0.4) is 0 Å². The molecule has 0 aliphatic heterocycles. The van der Waals surface area contributed by atoms with Crippen LogP contribution in [0, 0.1) is 11.3 Å². The highest BCUT2D eigenvalue weighted by molar-refractivity contribution is 5.97. The van der Waals surface area contributed by atoms with E-state index in [1.807, 2.05) is 11.4 Å². The van der Waals surface area contributed by atoms with Crippen LogP contribution >= 0.6 is 0 Å². The van der Waals surface area contributed by atoms with Crippen LogP contribution in [-0.2, 0) is 14.3 Å². The van der Waals surface area contributed by atoms with E-state index in [4.69, 9.17) is 14.7 Å². The number of hydrogen-bond donors (Lipinski definition) is 2. The van der Waals surface area contributed by atoms with Gasteiger partial charge in [0.25, 0.3) is 5.91 Å². The molecule has 0 aliphatic carbocycles. The number of carbonyl (C=O) groups is 3. The Morgan fingerprint density at radius 1 is 1.32 bits per heavy atom. The van der Waals surface area contributed by atoms with Crippen molar-refractivity contribution >= 4 is 17.9 Å². The van der Waals surface area contributed by atoms with Gasteiger partial charge in [0.2, 0.25) is 0 Å². The third kappa shape index (κ3) is 5.13. The van der Waals surface area contributed by atoms with Gasteiger partial charge in [0.05, 0.1) is 5.56 Å². The minimum absolute atomic E-state index is 0.240. The second-order valence-electron chi connectivity index (χ2n) is 4.10. The summed E-state index contributed by atoms with van der Waals surface area (Å²) in [7, 11) is 1.35. The van der Waals surface area contributed by atoms with Gasteiger partial charge in [-0.3, -0.25) is 10.1 Å². The number of para-hydroxylation sites is 1. The van der Waals surface area contributed by atoms with Crippen molar-refractivity contribution < 1.29 is 23.9 Å². The number of carbonyl (C=O) groups excluding carboxylic acids is 3. The molecule has 22 heavy (non-hydrogen) atoms. The van der Waals surface area contributed by atoms with Gasteiger partial charge in [-0.2, -0.15) is 5.26 Å². The number of urea groups is 1. The van der Waals surface area contributed by atoms with E-state index in [0.717, 1.165) is 0 Å². The van der Waals surface area contributed by atoms with Crippen molar-refractivity contribution in [2.45, 2.75) is 13.0 Å². The first-order valence-corrected chi connectivity index (χ1v) is 6.32. The third-order valence-electron chi connectivity index (χ3n) is 2.49. The lowest BCUT2D eigenvalue weighted by atomic mass is 10.2. The second-order valence-corrected chi connectivity index (χ2v) is 4.10. The first-order chi connectivity index (χ1) is 10.5. The molecule has 0 saturated heterocycles. The van der Waals surface area contributed by atoms with Crippen LogP contribution in [0.15, 0.2) is 24.3 Å². The Morgan fingerprint density at radius 3 is 2.64 bits per heavy atom. The van der Waals surface area contributed by atoms with Crippen molar-refractivity contribution in [3.63, 3.8) is 0 Å². The fourth-order valence-electron chi connectivity index (χ4n) is 1.38. The summed E-state index contributed by atoms with van der Waals surface area (Å²) in [5.74, 6) is -1.32. The van der Waals surface area contributed by atoms with Crippen LogP contribution in [0.25, 0.3) is 0 Å². The Morgan fingerprint density at radius 2 is 2.00 bits per heavy atom. The van der Waals surface area contributed by atoms with E-state index in [-0.39, 0.29) is 11.3 Å². The van der Waals surface area contributed by atoms with Gasteiger partial charge in [-0.25, -0.2) is 9.59 Å². The van der Waals surface area contributed by atoms with Crippen molar-refractivity contribution in [3.8, 4) is 11.8 Å². The third-order valence-corrected chi connectivity index (χ3v) is 2.49. The number of esters is 1. The highest BCUT2D eigenvalue weighted by Gasteiger charge is 2.20. The molecule has 2 N–H and O–H groups in total. The summed E-state index contributed by atoms with van der Waals surface area (Å²) >= 11 is 0. The summed E-state index contributed by atoms with van der Waals surface area (Å²) in [4.78, 5) is 34.0. The molecule has 0 bridgehead atoms. The first kappa shape index (κ1) is 17.0. The molecule has 116 valence electrons. The molecule has 1 rings (SSSR count). The quantitative estimate of drug-likeness (QED) is 0.757. The normalized spacial score (nSPS) is 10.8. The van der Waals surface area contributed by atoms with Crippen molar-refractivity contribution in [3.05, 3.63) is 29.8 Å². The SMILES string of the molecule is CNC(=O)NC(=O)C(C)OC(=O)COc1ccccc1C#N. The van der Waals surface area contributed by atoms with Crippen LogP contribution < -0.4 is 15.4 Å². The lowest BCUT2D eigenvalue weighted by molar-refractivity contribution is -0.156. The highest BCUT2D eigenvalue weighted by atomic mass is 16.6. The molecule has 1 aromatic rings. The van der Waals surface area contributed by atoms with Gasteiger partial charge in [0, 0.05) is 7.05 Å². The Hall–Kier alpha value is -3.08. The monoisotopic (exact) mass is 305 g/mol. The molecule has 8 heteroatoms. The molecule has 1 aromatic carbocycles. The van der Waals surface area contributed by atoms with Crippen LogP contribution in [0.5, 0.6) is 5.75 Å². The smallest absolute Gasteiger partial charge is 0.344 e. The summed E-state index contributed by atoms with van der Waals surface area (Å²) in [5, 5.41) is 13.0. The molecule has 1 atom stereocenters. The lowest BCUT2D eigenvalue weighted by Gasteiger charge is -2.13. The Labute approximate surface area is 127 Å². The summed E-state index contributed by atoms with van der Waals surface area (Å²) in [6.45, 7) is 0.857. The lowest BCUT2D eigenvalue weighted by Crippen LogP contribution is -2.43. The van der Waals surface area contributed by atoms with Crippen LogP contribution in [0.1, 0.15) is 12.5 Å². The number of rotatable bonds is 5. The van der Waals surface area contributed by atoms with Crippen LogP contribution in [-0.4, -0.2) is 37.7 Å². The molecule has 0 aliphatic rings. The molecule has 0 fully saturated rings. The van der Waals surface area contributed by atoms with Crippen molar-refractivity contribution in [2.24, 2.45) is 0 Å². The Balaban J connectivity index is 2.48. The van der Waals surface area contributed by atoms with Gasteiger partial charge in [0.15, 0.2) is 12.7 Å². The maximum absolute atomic E-state index is 11.6. The number of ether oxygens (including phenoxy) is 2. The summed E-state index contributed by atoms with van der Waals surface area (Å²) in [5.41, 5.74) is 0.278. The fraction of sp³-hybridized carbons (Fsp3) is 0.286. The maximum atomic E-state index is 11.6. The van der Waals surface area contributed by atoms with Gasteiger partial charge >= 0.3 is 12.0 Å². The first-order valence-electron chi connectivity index (χ1n) is 6.32. The predicted molar refractivity (Wildman–Crippen MR) is 74.8 cm³/mol. The number of benzene rings is 1. The molecule has 0 aromatic heterocycles. The molecule has 8 nitrogen and oxygen atoms in total. The molecule has 3 amide bonds. The van der Waals surface area contributed by atoms with Gasteiger partial charge in [-0.05, 0) is 19.1 Å².